The summed E-state index contributed by atoms with van der Waals surface area (Å²) in [6, 6.07) is 0.552. The number of carbonyl (C=O) groups is 1. The maximum Gasteiger partial charge on any atom is 0.303 e. The molecule has 0 aromatic carbocycles. The fourth-order valence-corrected chi connectivity index (χ4v) is 1.98. The molecule has 13 heavy (non-hydrogen) atoms. The largest absolute Gasteiger partial charge is 0.481 e. The number of likely N-dealkylation sites (tertiary alicyclic amines) is 1. The summed E-state index contributed by atoms with van der Waals surface area (Å²) in [6.07, 6.45) is 2.56. The molecular weight excluding hydrogens is 166 g/mol. The van der Waals surface area contributed by atoms with E-state index < -0.39 is 5.97 Å². The van der Waals surface area contributed by atoms with E-state index in [4.69, 9.17) is 5.11 Å². The second-order valence-corrected chi connectivity index (χ2v) is 4.19. The van der Waals surface area contributed by atoms with Gasteiger partial charge in [-0.3, -0.25) is 4.79 Å². The summed E-state index contributed by atoms with van der Waals surface area (Å²) in [5.74, 6) is -0.288. The molecule has 1 rings (SSSR count). The van der Waals surface area contributed by atoms with Gasteiger partial charge in [0.05, 0.1) is 0 Å². The Morgan fingerprint density at radius 1 is 1.62 bits per heavy atom. The molecule has 1 N–H and O–H groups in total. The van der Waals surface area contributed by atoms with Crippen LogP contribution in [-0.2, 0) is 4.79 Å². The van der Waals surface area contributed by atoms with Crippen LogP contribution >= 0.6 is 0 Å². The monoisotopic (exact) mass is 185 g/mol. The molecule has 76 valence electrons. The van der Waals surface area contributed by atoms with Crippen LogP contribution in [0, 0.1) is 5.92 Å². The summed E-state index contributed by atoms with van der Waals surface area (Å²) in [5.41, 5.74) is 0. The third kappa shape index (κ3) is 3.35. The van der Waals surface area contributed by atoms with Crippen molar-refractivity contribution in [2.75, 3.05) is 13.1 Å². The zero-order chi connectivity index (χ0) is 9.84. The summed E-state index contributed by atoms with van der Waals surface area (Å²) in [4.78, 5) is 12.9. The highest BCUT2D eigenvalue weighted by Crippen LogP contribution is 2.20. The third-order valence-corrected chi connectivity index (χ3v) is 2.74. The topological polar surface area (TPSA) is 40.5 Å². The van der Waals surface area contributed by atoms with Crippen LogP contribution in [0.1, 0.15) is 33.1 Å². The van der Waals surface area contributed by atoms with Crippen molar-refractivity contribution < 1.29 is 9.90 Å². The predicted molar refractivity (Wildman–Crippen MR) is 51.7 cm³/mol. The molecule has 1 saturated heterocycles. The number of hydrogen-bond acceptors (Lipinski definition) is 2. The van der Waals surface area contributed by atoms with Crippen LogP contribution in [-0.4, -0.2) is 35.1 Å². The minimum atomic E-state index is -0.657. The Kier molecular flexibility index (Phi) is 3.72. The molecule has 0 aromatic heterocycles. The molecule has 1 fully saturated rings. The Bertz CT molecular complexity index is 180. The molecule has 3 nitrogen and oxygen atoms in total. The Balaban J connectivity index is 2.37. The highest BCUT2D eigenvalue weighted by molar-refractivity contribution is 5.67. The van der Waals surface area contributed by atoms with Crippen molar-refractivity contribution in [3.63, 3.8) is 0 Å². The third-order valence-electron chi connectivity index (χ3n) is 2.74. The standard InChI is InChI=1S/C10H19NO2/c1-8(2)11-5-3-4-9(7-11)6-10(12)13/h8-9H,3-7H2,1-2H3,(H,12,13). The molecule has 1 aliphatic heterocycles. The lowest BCUT2D eigenvalue weighted by Crippen LogP contribution is -2.40. The molecule has 0 saturated carbocycles. The first-order valence-corrected chi connectivity index (χ1v) is 5.05. The second-order valence-electron chi connectivity index (χ2n) is 4.19. The van der Waals surface area contributed by atoms with E-state index in [2.05, 4.69) is 18.7 Å². The highest BCUT2D eigenvalue weighted by atomic mass is 16.4. The van der Waals surface area contributed by atoms with Crippen LogP contribution < -0.4 is 0 Å². The summed E-state index contributed by atoms with van der Waals surface area (Å²) >= 11 is 0. The minimum absolute atomic E-state index is 0.337. The molecule has 0 aliphatic carbocycles. The van der Waals surface area contributed by atoms with E-state index in [1.165, 1.54) is 0 Å². The lowest BCUT2D eigenvalue weighted by molar-refractivity contribution is -0.138. The molecule has 3 heteroatoms. The predicted octanol–water partition coefficient (Wildman–Crippen LogP) is 1.58. The van der Waals surface area contributed by atoms with Gasteiger partial charge in [0.25, 0.3) is 0 Å². The molecule has 0 aromatic rings. The fourth-order valence-electron chi connectivity index (χ4n) is 1.98. The van der Waals surface area contributed by atoms with E-state index in [1.807, 2.05) is 0 Å². The fraction of sp³-hybridized carbons (Fsp3) is 0.900. The van der Waals surface area contributed by atoms with Gasteiger partial charge in [-0.15, -0.1) is 0 Å². The van der Waals surface area contributed by atoms with E-state index in [9.17, 15) is 4.79 Å². The maximum atomic E-state index is 10.5. The minimum Gasteiger partial charge on any atom is -0.481 e. The van der Waals surface area contributed by atoms with E-state index in [1.54, 1.807) is 0 Å². The molecule has 0 amide bonds. The second kappa shape index (κ2) is 4.61. The number of aliphatic carboxylic acids is 1. The molecule has 1 atom stereocenters. The van der Waals surface area contributed by atoms with Crippen molar-refractivity contribution >= 4 is 5.97 Å². The molecule has 0 bridgehead atoms. The Labute approximate surface area is 79.7 Å². The normalized spacial score (nSPS) is 25.0. The van der Waals surface area contributed by atoms with Crippen molar-refractivity contribution in [2.24, 2.45) is 5.92 Å². The molecule has 1 heterocycles. The maximum absolute atomic E-state index is 10.5. The lowest BCUT2D eigenvalue weighted by Gasteiger charge is -2.34. The van der Waals surface area contributed by atoms with Gasteiger partial charge in [0.2, 0.25) is 0 Å². The van der Waals surface area contributed by atoms with Gasteiger partial charge in [0, 0.05) is 19.0 Å². The summed E-state index contributed by atoms with van der Waals surface area (Å²) < 4.78 is 0. The van der Waals surface area contributed by atoms with Gasteiger partial charge >= 0.3 is 5.97 Å². The first-order valence-electron chi connectivity index (χ1n) is 5.05. The van der Waals surface area contributed by atoms with Gasteiger partial charge in [0.1, 0.15) is 0 Å². The van der Waals surface area contributed by atoms with E-state index in [0.29, 0.717) is 18.4 Å². The smallest absolute Gasteiger partial charge is 0.303 e. The number of hydrogen-bond donors (Lipinski definition) is 1. The Morgan fingerprint density at radius 3 is 2.85 bits per heavy atom. The van der Waals surface area contributed by atoms with Gasteiger partial charge in [-0.25, -0.2) is 0 Å². The van der Waals surface area contributed by atoms with Crippen molar-refractivity contribution in [1.82, 2.24) is 4.90 Å². The van der Waals surface area contributed by atoms with Gasteiger partial charge in [-0.05, 0) is 39.2 Å². The van der Waals surface area contributed by atoms with Crippen LogP contribution in [0.5, 0.6) is 0 Å². The SMILES string of the molecule is CC(C)N1CCCC(CC(=O)O)C1. The Hall–Kier alpha value is -0.570. The molecule has 1 unspecified atom stereocenters. The van der Waals surface area contributed by atoms with Crippen LogP contribution in [0.3, 0.4) is 0 Å². The number of nitrogens with zero attached hydrogens (tertiary/aromatic N) is 1. The van der Waals surface area contributed by atoms with Crippen LogP contribution in [0.15, 0.2) is 0 Å². The molecule has 0 radical (unpaired) electrons. The average Bonchev–Trinajstić information content (AvgIpc) is 2.03. The van der Waals surface area contributed by atoms with Crippen LogP contribution in [0.25, 0.3) is 0 Å². The first kappa shape index (κ1) is 10.5. The zero-order valence-corrected chi connectivity index (χ0v) is 8.49. The van der Waals surface area contributed by atoms with Crippen molar-refractivity contribution in [2.45, 2.75) is 39.2 Å². The number of carboxylic acids is 1. The van der Waals surface area contributed by atoms with E-state index >= 15 is 0 Å². The molecular formula is C10H19NO2. The summed E-state index contributed by atoms with van der Waals surface area (Å²) in [6.45, 7) is 6.43. The number of piperidine rings is 1. The Morgan fingerprint density at radius 2 is 2.31 bits per heavy atom. The average molecular weight is 185 g/mol. The van der Waals surface area contributed by atoms with Crippen molar-refractivity contribution in [3.05, 3.63) is 0 Å². The highest BCUT2D eigenvalue weighted by Gasteiger charge is 2.23. The lowest BCUT2D eigenvalue weighted by atomic mass is 9.94. The zero-order valence-electron chi connectivity index (χ0n) is 8.49. The number of rotatable bonds is 3. The van der Waals surface area contributed by atoms with Crippen molar-refractivity contribution in [3.8, 4) is 0 Å². The molecule has 0 spiro atoms. The summed E-state index contributed by atoms with van der Waals surface area (Å²) in [7, 11) is 0. The summed E-state index contributed by atoms with van der Waals surface area (Å²) in [5, 5.41) is 8.67. The van der Waals surface area contributed by atoms with Gasteiger partial charge < -0.3 is 10.0 Å². The first-order chi connectivity index (χ1) is 6.09. The van der Waals surface area contributed by atoms with Gasteiger partial charge in [-0.2, -0.15) is 0 Å². The van der Waals surface area contributed by atoms with Gasteiger partial charge in [0.15, 0.2) is 0 Å². The number of carboxylic acid groups (broad SMARTS) is 1. The van der Waals surface area contributed by atoms with Crippen LogP contribution in [0.2, 0.25) is 0 Å². The van der Waals surface area contributed by atoms with E-state index in [0.717, 1.165) is 25.9 Å². The van der Waals surface area contributed by atoms with Crippen LogP contribution in [0.4, 0.5) is 0 Å². The van der Waals surface area contributed by atoms with E-state index in [-0.39, 0.29) is 0 Å². The van der Waals surface area contributed by atoms with Crippen molar-refractivity contribution in [1.29, 1.82) is 0 Å². The van der Waals surface area contributed by atoms with Gasteiger partial charge in [-0.1, -0.05) is 0 Å². The molecule has 1 aliphatic rings. The quantitative estimate of drug-likeness (QED) is 0.725.